The van der Waals surface area contributed by atoms with Gasteiger partial charge in [0.1, 0.15) is 5.78 Å². The summed E-state index contributed by atoms with van der Waals surface area (Å²) in [6, 6.07) is 0. The molecule has 0 aromatic carbocycles. The Morgan fingerprint density at radius 1 is 0.453 bits per heavy atom. The maximum absolute atomic E-state index is 12.1. The number of hydrogen-bond acceptors (Lipinski definition) is 3. The van der Waals surface area contributed by atoms with E-state index in [2.05, 4.69) is 74.6 Å². The molecular formula is C50H113NO2. The van der Waals surface area contributed by atoms with Gasteiger partial charge in [-0.3, -0.25) is 4.79 Å². The van der Waals surface area contributed by atoms with Crippen molar-refractivity contribution >= 4 is 5.78 Å². The van der Waals surface area contributed by atoms with Gasteiger partial charge in [0.05, 0.1) is 0 Å². The van der Waals surface area contributed by atoms with E-state index >= 15 is 0 Å². The summed E-state index contributed by atoms with van der Waals surface area (Å²) in [7, 11) is 1.96. The topological polar surface area (TPSA) is 49.3 Å². The Morgan fingerprint density at radius 3 is 1.23 bits per heavy atom. The maximum Gasteiger partial charge on any atom is 0.135 e. The number of ketones is 1. The fourth-order valence-corrected chi connectivity index (χ4v) is 5.72. The molecule has 53 heavy (non-hydrogen) atoms. The van der Waals surface area contributed by atoms with Gasteiger partial charge < -0.3 is 10.4 Å². The lowest BCUT2D eigenvalue weighted by Gasteiger charge is -2.13. The van der Waals surface area contributed by atoms with E-state index in [0.717, 1.165) is 51.0 Å². The lowest BCUT2D eigenvalue weighted by molar-refractivity contribution is -0.123. The number of nitrogens with one attached hydrogen (secondary N) is 1. The fourth-order valence-electron chi connectivity index (χ4n) is 5.72. The molecule has 0 aromatic heterocycles. The molecule has 0 aliphatic heterocycles. The summed E-state index contributed by atoms with van der Waals surface area (Å²) in [5, 5.41) is 11.5. The largest absolute Gasteiger partial charge is 0.396 e. The van der Waals surface area contributed by atoms with Gasteiger partial charge in [0.2, 0.25) is 0 Å². The Morgan fingerprint density at radius 2 is 0.830 bits per heavy atom. The van der Waals surface area contributed by atoms with Crippen molar-refractivity contribution in [3.05, 3.63) is 0 Å². The van der Waals surface area contributed by atoms with Crippen molar-refractivity contribution in [3.8, 4) is 0 Å². The van der Waals surface area contributed by atoms with Crippen molar-refractivity contribution in [2.75, 3.05) is 20.2 Å². The van der Waals surface area contributed by atoms with Gasteiger partial charge in [0.15, 0.2) is 0 Å². The molecule has 0 heterocycles. The standard InChI is InChI=1S/C18H36O.C11H24.C7H17NO.2C5H12.2C2H6/c1-4-7-9-11-12-13-15-17(6-3)18(19)16-14-10-8-5-2;1-4-6-7-8-10-11(3)9-5-2;1-8-6-4-2-3-5-7-9;2*1-3-5-4-2;2*1-2/h17H,4-16H2,1-3H3;11H,4-10H2,1-3H3;8-9H,2-7H2,1H3;2*3-5H2,1-2H3;2*1-2H3/t17-;;;;;;/m0....../s1. The molecule has 1 unspecified atom stereocenters. The zero-order valence-corrected chi connectivity index (χ0v) is 40.6. The second-order valence-corrected chi connectivity index (χ2v) is 14.6. The molecule has 3 nitrogen and oxygen atoms in total. The number of hydrogen-bond donors (Lipinski definition) is 2. The van der Waals surface area contributed by atoms with Crippen LogP contribution in [0.1, 0.15) is 290 Å². The number of rotatable bonds is 31. The molecule has 0 saturated carbocycles. The zero-order valence-electron chi connectivity index (χ0n) is 40.6. The van der Waals surface area contributed by atoms with Crippen molar-refractivity contribution in [1.82, 2.24) is 5.32 Å². The molecule has 0 amide bonds. The van der Waals surface area contributed by atoms with E-state index in [-0.39, 0.29) is 0 Å². The highest BCUT2D eigenvalue weighted by Gasteiger charge is 2.15. The highest BCUT2D eigenvalue weighted by molar-refractivity contribution is 5.80. The Kier molecular flexibility index (Phi) is 97.0. The Hall–Kier alpha value is -0.410. The molecule has 0 radical (unpaired) electrons. The molecule has 0 fully saturated rings. The minimum Gasteiger partial charge on any atom is -0.396 e. The van der Waals surface area contributed by atoms with Crippen LogP contribution in [0.4, 0.5) is 0 Å². The van der Waals surface area contributed by atoms with Crippen LogP contribution in [0.2, 0.25) is 0 Å². The molecular weight excluding hydrogens is 647 g/mol. The van der Waals surface area contributed by atoms with Gasteiger partial charge in [-0.2, -0.15) is 0 Å². The van der Waals surface area contributed by atoms with Crippen molar-refractivity contribution in [2.24, 2.45) is 11.8 Å². The summed E-state index contributed by atoms with van der Waals surface area (Å²) >= 11 is 0. The molecule has 330 valence electrons. The van der Waals surface area contributed by atoms with Gasteiger partial charge >= 0.3 is 0 Å². The van der Waals surface area contributed by atoms with Crippen molar-refractivity contribution in [2.45, 2.75) is 290 Å². The predicted octanol–water partition coefficient (Wildman–Crippen LogP) is 17.9. The summed E-state index contributed by atoms with van der Waals surface area (Å²) in [5.41, 5.74) is 0. The highest BCUT2D eigenvalue weighted by atomic mass is 16.2. The first kappa shape index (κ1) is 67.3. The Balaban J connectivity index is -0.000000106. The van der Waals surface area contributed by atoms with Crippen LogP contribution < -0.4 is 5.32 Å². The first-order valence-corrected chi connectivity index (χ1v) is 24.6. The minimum absolute atomic E-state index is 0.347. The molecule has 3 heteroatoms. The number of Topliss-reactive ketones (excluding diaryl/α,β-unsaturated/α-hetero) is 1. The molecule has 2 N–H and O–H groups in total. The first-order valence-electron chi connectivity index (χ1n) is 24.6. The quantitative estimate of drug-likeness (QED) is 0.0692. The average molecular weight is 760 g/mol. The highest BCUT2D eigenvalue weighted by Crippen LogP contribution is 2.19. The zero-order chi connectivity index (χ0) is 42.1. The number of carbonyl (C=O) groups is 1. The fraction of sp³-hybridized carbons (Fsp3) is 0.980. The molecule has 2 atom stereocenters. The third kappa shape index (κ3) is 85.2. The Labute approximate surface area is 341 Å². The van der Waals surface area contributed by atoms with Crippen LogP contribution in [0.15, 0.2) is 0 Å². The van der Waals surface area contributed by atoms with Crippen molar-refractivity contribution in [1.29, 1.82) is 0 Å². The summed E-state index contributed by atoms with van der Waals surface area (Å²) in [5.74, 6) is 1.86. The van der Waals surface area contributed by atoms with Gasteiger partial charge in [-0.1, -0.05) is 251 Å². The monoisotopic (exact) mass is 760 g/mol. The van der Waals surface area contributed by atoms with E-state index in [4.69, 9.17) is 5.11 Å². The van der Waals surface area contributed by atoms with E-state index in [1.54, 1.807) is 0 Å². The molecule has 0 aromatic rings. The average Bonchev–Trinajstić information content (AvgIpc) is 3.18. The van der Waals surface area contributed by atoms with Gasteiger partial charge in [0, 0.05) is 18.9 Å². The van der Waals surface area contributed by atoms with E-state index < -0.39 is 0 Å². The number of aliphatic hydroxyl groups excluding tert-OH is 1. The van der Waals surface area contributed by atoms with Crippen LogP contribution >= 0.6 is 0 Å². The number of aliphatic hydroxyl groups is 1. The van der Waals surface area contributed by atoms with E-state index in [9.17, 15) is 4.79 Å². The third-order valence-corrected chi connectivity index (χ3v) is 9.21. The second-order valence-electron chi connectivity index (χ2n) is 14.6. The molecule has 0 aliphatic rings. The smallest absolute Gasteiger partial charge is 0.135 e. The third-order valence-electron chi connectivity index (χ3n) is 9.21. The number of carbonyl (C=O) groups excluding carboxylic acids is 1. The van der Waals surface area contributed by atoms with Crippen LogP contribution in [-0.2, 0) is 4.79 Å². The molecule has 0 bridgehead atoms. The lowest BCUT2D eigenvalue weighted by Crippen LogP contribution is -2.13. The van der Waals surface area contributed by atoms with Crippen LogP contribution in [0.3, 0.4) is 0 Å². The van der Waals surface area contributed by atoms with Crippen molar-refractivity contribution < 1.29 is 9.90 Å². The summed E-state index contributed by atoms with van der Waals surface area (Å²) in [4.78, 5) is 12.1. The predicted molar refractivity (Wildman–Crippen MR) is 251 cm³/mol. The van der Waals surface area contributed by atoms with E-state index in [0.29, 0.717) is 18.3 Å². The summed E-state index contributed by atoms with van der Waals surface area (Å²) < 4.78 is 0. The van der Waals surface area contributed by atoms with Gasteiger partial charge in [-0.15, -0.1) is 0 Å². The SMILES string of the molecule is CC.CC.CCCCC.CCCCC.CCCCCCC(C)CCC.CCCCCCCC[C@H](CC)C(=O)CCCCCC.CNCCCCCCO. The number of unbranched alkanes of at least 4 members (excludes halogenated alkanes) is 18. The van der Waals surface area contributed by atoms with E-state index in [1.807, 2.05) is 34.7 Å². The van der Waals surface area contributed by atoms with E-state index in [1.165, 1.54) is 154 Å². The molecule has 0 aliphatic carbocycles. The first-order chi connectivity index (χ1) is 25.8. The van der Waals surface area contributed by atoms with Crippen molar-refractivity contribution in [3.63, 3.8) is 0 Å². The van der Waals surface area contributed by atoms with Crippen LogP contribution in [-0.4, -0.2) is 31.1 Å². The second kappa shape index (κ2) is 76.3. The summed E-state index contributed by atoms with van der Waals surface area (Å²) in [6.07, 6.45) is 38.5. The van der Waals surface area contributed by atoms with Gasteiger partial charge in [-0.25, -0.2) is 0 Å². The van der Waals surface area contributed by atoms with Gasteiger partial charge in [-0.05, 0) is 51.6 Å². The van der Waals surface area contributed by atoms with Crippen LogP contribution in [0.5, 0.6) is 0 Å². The molecule has 0 rings (SSSR count). The lowest BCUT2D eigenvalue weighted by atomic mass is 9.91. The maximum atomic E-state index is 12.1. The van der Waals surface area contributed by atoms with Crippen LogP contribution in [0, 0.1) is 11.8 Å². The molecule has 0 saturated heterocycles. The summed E-state index contributed by atoms with van der Waals surface area (Å²) in [6.45, 7) is 31.9. The minimum atomic E-state index is 0.347. The molecule has 0 spiro atoms. The van der Waals surface area contributed by atoms with Gasteiger partial charge in [0.25, 0.3) is 0 Å². The normalized spacial score (nSPS) is 10.8. The van der Waals surface area contributed by atoms with Crippen LogP contribution in [0.25, 0.3) is 0 Å². The Bertz CT molecular complexity index is 494.